The highest BCUT2D eigenvalue weighted by atomic mass is 19.4. The number of guanidine groups is 1. The molecule has 2 saturated carbocycles. The molecule has 1 amide bonds. The number of alkyl halides is 3. The number of carbonyl (C=O) groups excluding carboxylic acids is 1. The van der Waals surface area contributed by atoms with E-state index in [1.165, 1.54) is 12.8 Å². The third-order valence-electron chi connectivity index (χ3n) is 8.07. The Hall–Kier alpha value is -2.09. The highest BCUT2D eigenvalue weighted by Gasteiger charge is 2.67. The van der Waals surface area contributed by atoms with Crippen molar-refractivity contribution in [3.63, 3.8) is 0 Å². The number of hydrogen-bond donors (Lipinski definition) is 1. The van der Waals surface area contributed by atoms with Crippen LogP contribution < -0.4 is 5.73 Å². The van der Waals surface area contributed by atoms with Crippen molar-refractivity contribution >= 4 is 11.9 Å². The van der Waals surface area contributed by atoms with Gasteiger partial charge in [0.15, 0.2) is 11.5 Å². The zero-order valence-corrected chi connectivity index (χ0v) is 18.4. The number of carbonyl (C=O) groups is 1. The van der Waals surface area contributed by atoms with E-state index in [0.717, 1.165) is 48.3 Å². The lowest BCUT2D eigenvalue weighted by molar-refractivity contribution is -0.158. The summed E-state index contributed by atoms with van der Waals surface area (Å²) in [4.78, 5) is 19.1. The molecule has 1 atom stereocenters. The Labute approximate surface area is 186 Å². The van der Waals surface area contributed by atoms with Crippen LogP contribution in [0.1, 0.15) is 61.6 Å². The first-order valence-electron chi connectivity index (χ1n) is 11.6. The highest BCUT2D eigenvalue weighted by molar-refractivity contribution is 6.08. The number of aryl methyl sites for hydroxylation is 1. The molecule has 8 heteroatoms. The standard InChI is InChI=1S/C24H30F3N3O2/c1-32-18-8-10-22(11-9-18)13-17-7-6-16(5-4-15-2-3-15)12-19(17)24(22)20(31)30(21(28)29-24)14-23(25,26)27/h6-7,12,15,18H,2-5,8-11,13-14H2,1H3,(H2,28,29). The van der Waals surface area contributed by atoms with Gasteiger partial charge in [-0.15, -0.1) is 0 Å². The van der Waals surface area contributed by atoms with E-state index >= 15 is 0 Å². The van der Waals surface area contributed by atoms with Crippen LogP contribution in [0.5, 0.6) is 0 Å². The molecule has 32 heavy (non-hydrogen) atoms. The smallest absolute Gasteiger partial charge is 0.381 e. The maximum atomic E-state index is 13.8. The Bertz CT molecular complexity index is 948. The summed E-state index contributed by atoms with van der Waals surface area (Å²) in [5.41, 5.74) is 6.96. The summed E-state index contributed by atoms with van der Waals surface area (Å²) in [5, 5.41) is 0. The number of methoxy groups -OCH3 is 1. The van der Waals surface area contributed by atoms with Crippen molar-refractivity contribution in [3.8, 4) is 0 Å². The molecule has 2 fully saturated rings. The van der Waals surface area contributed by atoms with Crippen LogP contribution in [0.15, 0.2) is 23.2 Å². The topological polar surface area (TPSA) is 67.9 Å². The maximum absolute atomic E-state index is 13.8. The molecule has 1 aliphatic heterocycles. The fourth-order valence-electron chi connectivity index (χ4n) is 6.18. The van der Waals surface area contributed by atoms with Gasteiger partial charge in [0.1, 0.15) is 6.54 Å². The van der Waals surface area contributed by atoms with Crippen LogP contribution in [-0.4, -0.2) is 42.7 Å². The fourth-order valence-corrected chi connectivity index (χ4v) is 6.18. The zero-order valence-electron chi connectivity index (χ0n) is 18.4. The number of ether oxygens (including phenoxy) is 1. The Balaban J connectivity index is 1.57. The van der Waals surface area contributed by atoms with Crippen LogP contribution >= 0.6 is 0 Å². The lowest BCUT2D eigenvalue weighted by Crippen LogP contribution is -2.53. The molecule has 0 bridgehead atoms. The monoisotopic (exact) mass is 449 g/mol. The predicted molar refractivity (Wildman–Crippen MR) is 114 cm³/mol. The van der Waals surface area contributed by atoms with E-state index in [4.69, 9.17) is 10.5 Å². The number of benzene rings is 1. The Kier molecular flexibility index (Phi) is 5.07. The molecule has 0 aromatic heterocycles. The number of hydrogen-bond acceptors (Lipinski definition) is 4. The maximum Gasteiger partial charge on any atom is 0.406 e. The van der Waals surface area contributed by atoms with E-state index in [2.05, 4.69) is 17.1 Å². The zero-order chi connectivity index (χ0) is 22.7. The number of amides is 1. The molecule has 5 rings (SSSR count). The van der Waals surface area contributed by atoms with E-state index in [1.807, 2.05) is 6.07 Å². The minimum Gasteiger partial charge on any atom is -0.381 e. The van der Waals surface area contributed by atoms with Gasteiger partial charge in [-0.2, -0.15) is 13.2 Å². The summed E-state index contributed by atoms with van der Waals surface area (Å²) < 4.78 is 45.4. The molecule has 0 radical (unpaired) electrons. The average molecular weight is 450 g/mol. The SMILES string of the molecule is COC1CCC2(CC1)Cc1ccc(CCC3CC3)cc1C21N=C(N)N(CC(F)(F)F)C1=O. The second-order valence-electron chi connectivity index (χ2n) is 10.1. The lowest BCUT2D eigenvalue weighted by Gasteiger charge is -2.45. The molecule has 1 aromatic carbocycles. The molecule has 174 valence electrons. The largest absolute Gasteiger partial charge is 0.406 e. The average Bonchev–Trinajstić information content (AvgIpc) is 3.50. The van der Waals surface area contributed by atoms with Crippen molar-refractivity contribution in [1.82, 2.24) is 4.90 Å². The van der Waals surface area contributed by atoms with Crippen LogP contribution in [0.25, 0.3) is 0 Å². The van der Waals surface area contributed by atoms with Crippen molar-refractivity contribution in [2.75, 3.05) is 13.7 Å². The quantitative estimate of drug-likeness (QED) is 0.737. The molecule has 2 spiro atoms. The minimum atomic E-state index is -4.55. The van der Waals surface area contributed by atoms with E-state index in [0.29, 0.717) is 24.2 Å². The summed E-state index contributed by atoms with van der Waals surface area (Å²) >= 11 is 0. The molecule has 4 aliphatic rings. The number of nitrogens with zero attached hydrogens (tertiary/aromatic N) is 2. The van der Waals surface area contributed by atoms with Crippen LogP contribution in [0.3, 0.4) is 0 Å². The summed E-state index contributed by atoms with van der Waals surface area (Å²) in [6.07, 6.45) is 3.57. The van der Waals surface area contributed by atoms with Gasteiger partial charge in [0.05, 0.1) is 6.10 Å². The molecule has 3 aliphatic carbocycles. The number of halogens is 3. The van der Waals surface area contributed by atoms with Crippen LogP contribution in [0, 0.1) is 11.3 Å². The molecular formula is C24H30F3N3O2. The van der Waals surface area contributed by atoms with Crippen LogP contribution in [0.4, 0.5) is 13.2 Å². The van der Waals surface area contributed by atoms with Gasteiger partial charge in [-0.3, -0.25) is 9.69 Å². The highest BCUT2D eigenvalue weighted by Crippen LogP contribution is 2.62. The lowest BCUT2D eigenvalue weighted by atomic mass is 9.61. The minimum absolute atomic E-state index is 0.0969. The first-order chi connectivity index (χ1) is 15.2. The first-order valence-corrected chi connectivity index (χ1v) is 11.6. The van der Waals surface area contributed by atoms with E-state index in [1.54, 1.807) is 7.11 Å². The van der Waals surface area contributed by atoms with Crippen molar-refractivity contribution in [1.29, 1.82) is 0 Å². The third-order valence-corrected chi connectivity index (χ3v) is 8.07. The van der Waals surface area contributed by atoms with Gasteiger partial charge in [-0.25, -0.2) is 4.99 Å². The predicted octanol–water partition coefficient (Wildman–Crippen LogP) is 4.08. The number of nitrogens with two attached hydrogens (primary N) is 1. The molecule has 5 nitrogen and oxygen atoms in total. The van der Waals surface area contributed by atoms with Gasteiger partial charge in [0.25, 0.3) is 5.91 Å². The molecule has 2 N–H and O–H groups in total. The Morgan fingerprint density at radius 3 is 2.56 bits per heavy atom. The number of fused-ring (bicyclic) bond motifs is 3. The number of rotatable bonds is 5. The molecule has 0 saturated heterocycles. The molecule has 1 unspecified atom stereocenters. The van der Waals surface area contributed by atoms with Crippen molar-refractivity contribution in [3.05, 3.63) is 34.9 Å². The summed E-state index contributed by atoms with van der Waals surface area (Å²) in [7, 11) is 1.68. The van der Waals surface area contributed by atoms with Crippen molar-refractivity contribution < 1.29 is 22.7 Å². The summed E-state index contributed by atoms with van der Waals surface area (Å²) in [6, 6.07) is 6.19. The van der Waals surface area contributed by atoms with Gasteiger partial charge < -0.3 is 10.5 Å². The fraction of sp³-hybridized carbons (Fsp3) is 0.667. The van der Waals surface area contributed by atoms with Crippen LogP contribution in [-0.2, 0) is 27.9 Å². The molecular weight excluding hydrogens is 419 g/mol. The first kappa shape index (κ1) is 21.7. The van der Waals surface area contributed by atoms with Crippen molar-refractivity contribution in [2.24, 2.45) is 22.1 Å². The van der Waals surface area contributed by atoms with Gasteiger partial charge >= 0.3 is 6.18 Å². The van der Waals surface area contributed by atoms with Crippen LogP contribution in [0.2, 0.25) is 0 Å². The number of aliphatic imine (C=N–C) groups is 1. The summed E-state index contributed by atoms with van der Waals surface area (Å²) in [6.45, 7) is -1.41. The normalized spacial score (nSPS) is 32.1. The van der Waals surface area contributed by atoms with Gasteiger partial charge in [0, 0.05) is 12.5 Å². The Morgan fingerprint density at radius 2 is 1.94 bits per heavy atom. The van der Waals surface area contributed by atoms with E-state index < -0.39 is 29.6 Å². The van der Waals surface area contributed by atoms with Gasteiger partial charge in [-0.05, 0) is 67.6 Å². The van der Waals surface area contributed by atoms with Crippen molar-refractivity contribution in [2.45, 2.75) is 75.6 Å². The second-order valence-corrected chi connectivity index (χ2v) is 10.1. The molecule has 1 aromatic rings. The molecule has 1 heterocycles. The Morgan fingerprint density at radius 1 is 1.22 bits per heavy atom. The summed E-state index contributed by atoms with van der Waals surface area (Å²) in [5.74, 6) is -0.171. The third kappa shape index (κ3) is 3.42. The second kappa shape index (κ2) is 7.47. The van der Waals surface area contributed by atoms with E-state index in [9.17, 15) is 18.0 Å². The van der Waals surface area contributed by atoms with Gasteiger partial charge in [-0.1, -0.05) is 31.0 Å². The van der Waals surface area contributed by atoms with E-state index in [-0.39, 0.29) is 12.1 Å². The van der Waals surface area contributed by atoms with Gasteiger partial charge in [0.2, 0.25) is 0 Å².